The number of amides is 3. The number of ether oxygens (including phenoxy) is 2. The Morgan fingerprint density at radius 1 is 0.877 bits per heavy atom. The van der Waals surface area contributed by atoms with Gasteiger partial charge in [-0.15, -0.1) is 0 Å². The predicted molar refractivity (Wildman–Crippen MR) is 222 cm³/mol. The molecule has 3 rings (SSSR count). The number of nitrogens with one attached hydrogen (secondary N) is 1. The first kappa shape index (κ1) is 48.2. The maximum Gasteiger partial charge on any atom is 0.250 e. The fourth-order valence-electron chi connectivity index (χ4n) is 8.97. The lowest BCUT2D eigenvalue weighted by atomic mass is 9.84. The van der Waals surface area contributed by atoms with Gasteiger partial charge in [-0.25, -0.2) is 5.06 Å². The van der Waals surface area contributed by atoms with E-state index < -0.39 is 36.0 Å². The second-order valence-electron chi connectivity index (χ2n) is 17.2. The Morgan fingerprint density at radius 2 is 1.56 bits per heavy atom. The van der Waals surface area contributed by atoms with Gasteiger partial charge >= 0.3 is 0 Å². The largest absolute Gasteiger partial charge is 0.379 e. The average Bonchev–Trinajstić information content (AvgIpc) is 3.69. The molecule has 2 aliphatic heterocycles. The molecule has 0 unspecified atom stereocenters. The van der Waals surface area contributed by atoms with E-state index in [2.05, 4.69) is 19.2 Å². The summed E-state index contributed by atoms with van der Waals surface area (Å²) < 4.78 is 12.1. The highest BCUT2D eigenvalue weighted by molar-refractivity contribution is 5.90. The maximum atomic E-state index is 14.3. The van der Waals surface area contributed by atoms with Crippen LogP contribution in [0.15, 0.2) is 30.3 Å². The number of nitrogens with zero attached hydrogens (tertiary/aromatic N) is 3. The molecule has 0 aromatic heterocycles. The van der Waals surface area contributed by atoms with Crippen LogP contribution >= 0.6 is 0 Å². The molecule has 0 aliphatic carbocycles. The highest BCUT2D eigenvalue weighted by atomic mass is 16.7. The molecule has 1 N–H and O–H groups in total. The van der Waals surface area contributed by atoms with Crippen LogP contribution in [0.3, 0.4) is 0 Å². The lowest BCUT2D eigenvalue weighted by Crippen LogP contribution is -2.54. The molecule has 2 aliphatic rings. The van der Waals surface area contributed by atoms with Gasteiger partial charge < -0.3 is 24.6 Å². The van der Waals surface area contributed by atoms with E-state index >= 15 is 0 Å². The smallest absolute Gasteiger partial charge is 0.250 e. The van der Waals surface area contributed by atoms with Crippen molar-refractivity contribution in [3.8, 4) is 0 Å². The topological polar surface area (TPSA) is 135 Å². The maximum absolute atomic E-state index is 14.3. The van der Waals surface area contributed by atoms with E-state index in [1.54, 1.807) is 33.2 Å². The summed E-state index contributed by atoms with van der Waals surface area (Å²) in [5, 5.41) is 4.55. The van der Waals surface area contributed by atoms with Gasteiger partial charge in [0.25, 0.3) is 0 Å². The van der Waals surface area contributed by atoms with E-state index in [9.17, 15) is 24.0 Å². The highest BCUT2D eigenvalue weighted by Gasteiger charge is 2.43. The van der Waals surface area contributed by atoms with E-state index in [-0.39, 0.29) is 78.4 Å². The Balaban J connectivity index is 1.79. The van der Waals surface area contributed by atoms with Crippen molar-refractivity contribution in [3.63, 3.8) is 0 Å². The van der Waals surface area contributed by atoms with E-state index in [1.165, 1.54) is 5.06 Å². The van der Waals surface area contributed by atoms with Gasteiger partial charge in [0.2, 0.25) is 17.7 Å². The molecule has 12 heteroatoms. The van der Waals surface area contributed by atoms with Crippen molar-refractivity contribution in [1.82, 2.24) is 20.2 Å². The molecule has 0 spiro atoms. The number of ketones is 2. The zero-order valence-electron chi connectivity index (χ0n) is 36.8. The number of rotatable bonds is 23. The minimum atomic E-state index is -0.603. The number of benzene rings is 1. The lowest BCUT2D eigenvalue weighted by Gasteiger charge is -2.41. The molecule has 12 nitrogen and oxygen atoms in total. The molecule has 1 aromatic carbocycles. The first-order valence-electron chi connectivity index (χ1n) is 21.4. The summed E-state index contributed by atoms with van der Waals surface area (Å²) in [4.78, 5) is 79.1. The molecular weight excluding hydrogens is 725 g/mol. The third kappa shape index (κ3) is 12.9. The Kier molecular flexibility index (Phi) is 19.8. The Morgan fingerprint density at radius 3 is 2.11 bits per heavy atom. The van der Waals surface area contributed by atoms with Crippen molar-refractivity contribution in [2.24, 2.45) is 35.5 Å². The van der Waals surface area contributed by atoms with Crippen molar-refractivity contribution in [2.45, 2.75) is 137 Å². The van der Waals surface area contributed by atoms with Crippen LogP contribution in [0.4, 0.5) is 0 Å². The van der Waals surface area contributed by atoms with Gasteiger partial charge in [0.1, 0.15) is 5.78 Å². The normalized spacial score (nSPS) is 20.4. The quantitative estimate of drug-likeness (QED) is 0.147. The van der Waals surface area contributed by atoms with Crippen molar-refractivity contribution < 1.29 is 38.3 Å². The summed E-state index contributed by atoms with van der Waals surface area (Å²) in [5.74, 6) is -2.17. The molecule has 57 heavy (non-hydrogen) atoms. The predicted octanol–water partition coefficient (Wildman–Crippen LogP) is 5.75. The molecule has 3 amide bonds. The number of likely N-dealkylation sites (tertiary alicyclic amines) is 1. The third-order valence-electron chi connectivity index (χ3n) is 12.6. The summed E-state index contributed by atoms with van der Waals surface area (Å²) in [6.07, 6.45) is 3.39. The molecule has 2 heterocycles. The molecule has 2 fully saturated rings. The molecule has 0 saturated carbocycles. The van der Waals surface area contributed by atoms with Gasteiger partial charge in [0, 0.05) is 59.0 Å². The molecule has 0 bridgehead atoms. The van der Waals surface area contributed by atoms with E-state index in [0.29, 0.717) is 32.5 Å². The molecule has 9 atom stereocenters. The Labute approximate surface area is 343 Å². The number of hydroxylamine groups is 2. The van der Waals surface area contributed by atoms with Gasteiger partial charge in [0.15, 0.2) is 5.78 Å². The molecule has 2 saturated heterocycles. The summed E-state index contributed by atoms with van der Waals surface area (Å²) in [6, 6.07) is 8.63. The van der Waals surface area contributed by atoms with E-state index in [1.807, 2.05) is 69.9 Å². The molecule has 1 aromatic rings. The van der Waals surface area contributed by atoms with Crippen molar-refractivity contribution in [1.29, 1.82) is 0 Å². The van der Waals surface area contributed by atoms with Gasteiger partial charge in [-0.1, -0.05) is 85.2 Å². The first-order chi connectivity index (χ1) is 27.1. The van der Waals surface area contributed by atoms with Crippen LogP contribution in [0.1, 0.15) is 105 Å². The van der Waals surface area contributed by atoms with Crippen molar-refractivity contribution in [3.05, 3.63) is 35.9 Å². The van der Waals surface area contributed by atoms with Crippen LogP contribution in [0, 0.1) is 35.5 Å². The average molecular weight is 799 g/mol. The summed E-state index contributed by atoms with van der Waals surface area (Å²) >= 11 is 0. The molecule has 0 radical (unpaired) electrons. The Hall–Kier alpha value is -3.19. The summed E-state index contributed by atoms with van der Waals surface area (Å²) in [7, 11) is 6.71. The first-order valence-corrected chi connectivity index (χ1v) is 21.4. The van der Waals surface area contributed by atoms with Crippen LogP contribution < -0.4 is 5.32 Å². The summed E-state index contributed by atoms with van der Waals surface area (Å²) in [5.41, 5.74) is 0.974. The SMILES string of the molecule is CC[C@H](C)[C@@H]([C@@H](CC(=O)N1CCC[C@H]1[C@H](OC)[C@@H](C)C(=O)C[C@@H](Cc1ccccc1)C(=O)N1CCCCO1)OC)N(C)C(=O)[C@@H](CC(=O)[C@@H](NC)C(C)C)C(C)C. The van der Waals surface area contributed by atoms with Gasteiger partial charge in [-0.3, -0.25) is 28.8 Å². The zero-order valence-corrected chi connectivity index (χ0v) is 36.8. The van der Waals surface area contributed by atoms with Gasteiger partial charge in [0.05, 0.1) is 49.3 Å². The number of carbonyl (C=O) groups is 5. The zero-order chi connectivity index (χ0) is 42.4. The van der Waals surface area contributed by atoms with Crippen molar-refractivity contribution >= 4 is 29.3 Å². The number of hydrogen-bond acceptors (Lipinski definition) is 9. The highest BCUT2D eigenvalue weighted by Crippen LogP contribution is 2.32. The van der Waals surface area contributed by atoms with Gasteiger partial charge in [-0.2, -0.15) is 0 Å². The van der Waals surface area contributed by atoms with Crippen LogP contribution in [-0.4, -0.2) is 122 Å². The fourth-order valence-corrected chi connectivity index (χ4v) is 8.97. The standard InChI is InChI=1S/C45H74N4O8/c1-12-31(6)42(47(9)45(54)35(29(2)3)27-38(51)41(46-8)30(4)5)39(55-10)28-40(52)48-22-18-21-36(48)43(56-11)32(7)37(50)26-34(25-33-19-14-13-15-20-33)44(53)49-23-16-17-24-57-49/h13-15,19-20,29-32,34-36,39,41-43,46H,12,16-18,21-28H2,1-11H3/t31-,32-,34+,35-,36-,39+,41-,42-,43+/m0/s1. The van der Waals surface area contributed by atoms with E-state index in [4.69, 9.17) is 14.3 Å². The number of Topliss-reactive ketones (excluding diaryl/α,β-unsaturated/α-hetero) is 2. The lowest BCUT2D eigenvalue weighted by molar-refractivity contribution is -0.201. The third-order valence-corrected chi connectivity index (χ3v) is 12.6. The van der Waals surface area contributed by atoms with Gasteiger partial charge in [-0.05, 0) is 62.5 Å². The number of methoxy groups -OCH3 is 2. The van der Waals surface area contributed by atoms with E-state index in [0.717, 1.165) is 31.2 Å². The van der Waals surface area contributed by atoms with Crippen LogP contribution in [0.5, 0.6) is 0 Å². The second-order valence-corrected chi connectivity index (χ2v) is 17.2. The number of likely N-dealkylation sites (N-methyl/N-ethyl adjacent to an activating group) is 2. The number of carbonyl (C=O) groups excluding carboxylic acids is 5. The Bertz CT molecular complexity index is 1430. The molecular formula is C45H74N4O8. The van der Waals surface area contributed by atoms with Crippen LogP contribution in [0.2, 0.25) is 0 Å². The fraction of sp³-hybridized carbons (Fsp3) is 0.756. The second kappa shape index (κ2) is 23.4. The monoisotopic (exact) mass is 799 g/mol. The summed E-state index contributed by atoms with van der Waals surface area (Å²) in [6.45, 7) is 15.4. The number of hydrogen-bond donors (Lipinski definition) is 1. The van der Waals surface area contributed by atoms with Crippen LogP contribution in [0.25, 0.3) is 0 Å². The molecule has 322 valence electrons. The minimum absolute atomic E-state index is 0.00144. The van der Waals surface area contributed by atoms with Crippen molar-refractivity contribution in [2.75, 3.05) is 48.0 Å². The minimum Gasteiger partial charge on any atom is -0.379 e. The van der Waals surface area contributed by atoms with Crippen LogP contribution in [-0.2, 0) is 44.7 Å².